The van der Waals surface area contributed by atoms with E-state index in [-0.39, 0.29) is 21.7 Å². The summed E-state index contributed by atoms with van der Waals surface area (Å²) in [5.74, 6) is 1.83. The molecule has 6 heteroatoms. The standard InChI is InChI=1S/C74H68N6/c1-71(2,3)51-37-49(38-52(44-51)72(4,5)6)69-76-68(77-70(78-69)50-39-53(73(7,8)9)45-54(40-50)74(10,11)12)48-34-36-67(80-64-31-20-16-27-58(64)59-28-17-21-32-65(59)80)61(43-48)60-42-47(46-23-22-24-55(41-46)75-13)33-35-66(60)79-62-29-18-14-25-56(62)57-26-15-19-30-63(57)79/h14-45H,1-12H3. The number of para-hydroxylation sites is 4. The van der Waals surface area contributed by atoms with Gasteiger partial charge in [-0.25, -0.2) is 19.8 Å². The largest absolute Gasteiger partial charge is 0.309 e. The molecule has 0 aliphatic carbocycles. The summed E-state index contributed by atoms with van der Waals surface area (Å²) in [5, 5.41) is 4.72. The molecule has 0 saturated carbocycles. The molecular formula is C74H68N6. The van der Waals surface area contributed by atoms with Gasteiger partial charge in [0.1, 0.15) is 0 Å². The average molecular weight is 1040 g/mol. The van der Waals surface area contributed by atoms with Gasteiger partial charge < -0.3 is 9.13 Å². The Morgan fingerprint density at radius 3 is 1.00 bits per heavy atom. The average Bonchev–Trinajstić information content (AvgIpc) is 3.99. The summed E-state index contributed by atoms with van der Waals surface area (Å²) in [6, 6.07) is 70.2. The van der Waals surface area contributed by atoms with Gasteiger partial charge >= 0.3 is 0 Å². The Morgan fingerprint density at radius 1 is 0.312 bits per heavy atom. The fraction of sp³-hybridized carbons (Fsp3) is 0.216. The molecule has 3 heterocycles. The highest BCUT2D eigenvalue weighted by atomic mass is 15.0. The highest BCUT2D eigenvalue weighted by Crippen LogP contribution is 2.45. The second-order valence-electron chi connectivity index (χ2n) is 25.8. The zero-order chi connectivity index (χ0) is 56.0. The number of nitrogens with zero attached hydrogens (tertiary/aromatic N) is 6. The SMILES string of the molecule is [C-]#[N+]c1cccc(-c2ccc(-n3c4ccccc4c4ccccc43)c(-c3cc(-c4nc(-c5cc(C(C)(C)C)cc(C(C)(C)C)c5)nc(-c5cc(C(C)(C)C)cc(C(C)(C)C)c5)n4)ccc3-n3c4ccccc4c4ccccc43)c2)c1. The van der Waals surface area contributed by atoms with Crippen molar-refractivity contribution in [3.8, 4) is 67.8 Å². The van der Waals surface area contributed by atoms with Crippen molar-refractivity contribution in [3.05, 3.63) is 228 Å². The molecule has 0 saturated heterocycles. The molecule has 0 spiro atoms. The number of hydrogen-bond acceptors (Lipinski definition) is 3. The van der Waals surface area contributed by atoms with E-state index in [4.69, 9.17) is 21.5 Å². The van der Waals surface area contributed by atoms with Gasteiger partial charge in [-0.3, -0.25) is 0 Å². The summed E-state index contributed by atoms with van der Waals surface area (Å²) in [6.07, 6.45) is 0. The third kappa shape index (κ3) is 9.35. The topological polar surface area (TPSA) is 52.9 Å². The number of benzene rings is 9. The van der Waals surface area contributed by atoms with Gasteiger partial charge in [0.05, 0.1) is 40.0 Å². The lowest BCUT2D eigenvalue weighted by molar-refractivity contribution is 0.568. The van der Waals surface area contributed by atoms with Gasteiger partial charge in [-0.1, -0.05) is 192 Å². The van der Waals surface area contributed by atoms with Crippen molar-refractivity contribution < 1.29 is 0 Å². The Morgan fingerprint density at radius 2 is 0.637 bits per heavy atom. The van der Waals surface area contributed by atoms with Crippen LogP contribution in [0.15, 0.2) is 194 Å². The highest BCUT2D eigenvalue weighted by Gasteiger charge is 2.27. The fourth-order valence-electron chi connectivity index (χ4n) is 11.3. The van der Waals surface area contributed by atoms with Crippen LogP contribution >= 0.6 is 0 Å². The fourth-order valence-corrected chi connectivity index (χ4v) is 11.3. The predicted octanol–water partition coefficient (Wildman–Crippen LogP) is 20.1. The van der Waals surface area contributed by atoms with E-state index in [2.05, 4.69) is 273 Å². The summed E-state index contributed by atoms with van der Waals surface area (Å²) in [5.41, 5.74) is 18.2. The van der Waals surface area contributed by atoms with E-state index >= 15 is 0 Å². The minimum Gasteiger partial charge on any atom is -0.309 e. The van der Waals surface area contributed by atoms with Gasteiger partial charge in [0.25, 0.3) is 0 Å². The zero-order valence-corrected chi connectivity index (χ0v) is 48.2. The van der Waals surface area contributed by atoms with Gasteiger partial charge in [0.15, 0.2) is 23.2 Å². The van der Waals surface area contributed by atoms with Crippen LogP contribution in [0.25, 0.3) is 116 Å². The summed E-state index contributed by atoms with van der Waals surface area (Å²) in [4.78, 5) is 20.6. The van der Waals surface area contributed by atoms with Gasteiger partial charge in [0.2, 0.25) is 0 Å². The first-order valence-corrected chi connectivity index (χ1v) is 28.0. The van der Waals surface area contributed by atoms with Crippen molar-refractivity contribution in [1.29, 1.82) is 0 Å². The van der Waals surface area contributed by atoms with Crippen molar-refractivity contribution in [1.82, 2.24) is 24.1 Å². The van der Waals surface area contributed by atoms with Crippen molar-refractivity contribution in [3.63, 3.8) is 0 Å². The second-order valence-corrected chi connectivity index (χ2v) is 25.8. The Kier molecular flexibility index (Phi) is 12.4. The molecule has 0 unspecified atom stereocenters. The van der Waals surface area contributed by atoms with E-state index < -0.39 is 0 Å². The summed E-state index contributed by atoms with van der Waals surface area (Å²) < 4.78 is 4.85. The molecular weight excluding hydrogens is 973 g/mol. The number of aromatic nitrogens is 5. The van der Waals surface area contributed by atoms with Crippen LogP contribution in [-0.4, -0.2) is 24.1 Å². The maximum atomic E-state index is 8.00. The smallest absolute Gasteiger partial charge is 0.187 e. The van der Waals surface area contributed by atoms with Crippen LogP contribution in [0.1, 0.15) is 105 Å². The molecule has 3 aromatic heterocycles. The van der Waals surface area contributed by atoms with Crippen molar-refractivity contribution >= 4 is 49.3 Å². The second kappa shape index (κ2) is 19.2. The molecule has 0 fully saturated rings. The molecule has 0 atom stereocenters. The normalized spacial score (nSPS) is 12.5. The first-order valence-electron chi connectivity index (χ1n) is 28.0. The molecule has 80 heavy (non-hydrogen) atoms. The van der Waals surface area contributed by atoms with Crippen LogP contribution in [0.5, 0.6) is 0 Å². The highest BCUT2D eigenvalue weighted by molar-refractivity contribution is 6.11. The molecule has 12 rings (SSSR count). The van der Waals surface area contributed by atoms with Gasteiger partial charge in [-0.05, 0) is 140 Å². The maximum absolute atomic E-state index is 8.00. The lowest BCUT2D eigenvalue weighted by Crippen LogP contribution is -2.17. The number of rotatable bonds is 7. The molecule has 0 radical (unpaired) electrons. The molecule has 6 nitrogen and oxygen atoms in total. The molecule has 0 N–H and O–H groups in total. The number of fused-ring (bicyclic) bond motifs is 6. The van der Waals surface area contributed by atoms with Crippen LogP contribution in [-0.2, 0) is 21.7 Å². The predicted molar refractivity (Wildman–Crippen MR) is 337 cm³/mol. The quantitative estimate of drug-likeness (QED) is 0.150. The Bertz CT molecular complexity index is 4210. The molecule has 0 amide bonds. The molecule has 394 valence electrons. The van der Waals surface area contributed by atoms with Crippen molar-refractivity contribution in [2.45, 2.75) is 105 Å². The maximum Gasteiger partial charge on any atom is 0.187 e. The first-order chi connectivity index (χ1) is 38.1. The Balaban J connectivity index is 1.21. The van der Waals surface area contributed by atoms with Crippen molar-refractivity contribution in [2.75, 3.05) is 0 Å². The van der Waals surface area contributed by atoms with Gasteiger partial charge in [-0.15, -0.1) is 0 Å². The minimum atomic E-state index is -0.130. The van der Waals surface area contributed by atoms with Crippen molar-refractivity contribution in [2.24, 2.45) is 0 Å². The minimum absolute atomic E-state index is 0.130. The lowest BCUT2D eigenvalue weighted by atomic mass is 9.79. The summed E-state index contributed by atoms with van der Waals surface area (Å²) >= 11 is 0. The molecule has 12 aromatic rings. The molecule has 0 aliphatic rings. The summed E-state index contributed by atoms with van der Waals surface area (Å²) in [7, 11) is 0. The van der Waals surface area contributed by atoms with Crippen LogP contribution in [0.3, 0.4) is 0 Å². The molecule has 9 aromatic carbocycles. The summed E-state index contributed by atoms with van der Waals surface area (Å²) in [6.45, 7) is 35.3. The monoisotopic (exact) mass is 1040 g/mol. The van der Waals surface area contributed by atoms with E-state index in [1.165, 1.54) is 43.8 Å². The van der Waals surface area contributed by atoms with E-state index in [0.717, 1.165) is 72.4 Å². The number of hydrogen-bond donors (Lipinski definition) is 0. The Hall–Kier alpha value is -8.92. The van der Waals surface area contributed by atoms with Gasteiger partial charge in [0, 0.05) is 49.4 Å². The van der Waals surface area contributed by atoms with E-state index in [0.29, 0.717) is 23.2 Å². The molecule has 0 bridgehead atoms. The van der Waals surface area contributed by atoms with Crippen LogP contribution in [0.2, 0.25) is 0 Å². The van der Waals surface area contributed by atoms with E-state index in [1.54, 1.807) is 0 Å². The third-order valence-electron chi connectivity index (χ3n) is 16.0. The lowest BCUT2D eigenvalue weighted by Gasteiger charge is -2.26. The van der Waals surface area contributed by atoms with E-state index in [9.17, 15) is 0 Å². The zero-order valence-electron chi connectivity index (χ0n) is 48.2. The van der Waals surface area contributed by atoms with Crippen LogP contribution < -0.4 is 0 Å². The molecule has 0 aliphatic heterocycles. The van der Waals surface area contributed by atoms with E-state index in [1.807, 2.05) is 18.2 Å². The van der Waals surface area contributed by atoms with Crippen LogP contribution in [0.4, 0.5) is 5.69 Å². The first kappa shape index (κ1) is 51.8. The van der Waals surface area contributed by atoms with Gasteiger partial charge in [-0.2, -0.15) is 0 Å². The Labute approximate surface area is 471 Å². The third-order valence-corrected chi connectivity index (χ3v) is 16.0. The van der Waals surface area contributed by atoms with Crippen LogP contribution in [0, 0.1) is 6.57 Å².